The minimum Gasteiger partial charge on any atom is -0.281 e. The van der Waals surface area contributed by atoms with Crippen molar-refractivity contribution in [3.8, 4) is 0 Å². The van der Waals surface area contributed by atoms with Gasteiger partial charge < -0.3 is 0 Å². The third-order valence-electron chi connectivity index (χ3n) is 2.24. The summed E-state index contributed by atoms with van der Waals surface area (Å²) in [4.78, 5) is 14.4. The molecule has 1 aromatic carbocycles. The van der Waals surface area contributed by atoms with Gasteiger partial charge >= 0.3 is 0 Å². The van der Waals surface area contributed by atoms with Crippen molar-refractivity contribution < 1.29 is 4.92 Å². The number of nitro benzene ring substituents is 1. The van der Waals surface area contributed by atoms with Crippen LogP contribution >= 0.6 is 0 Å². The fraction of sp³-hybridized carbons (Fsp3) is 0.0909. The molecule has 0 saturated carbocycles. The zero-order valence-corrected chi connectivity index (χ0v) is 9.12. The first-order valence-corrected chi connectivity index (χ1v) is 4.95. The molecule has 0 radical (unpaired) electrons. The van der Waals surface area contributed by atoms with Gasteiger partial charge in [-0.15, -0.1) is 0 Å². The van der Waals surface area contributed by atoms with Gasteiger partial charge in [0.05, 0.1) is 16.8 Å². The van der Waals surface area contributed by atoms with Crippen molar-refractivity contribution in [3.05, 3.63) is 51.8 Å². The Bertz CT molecular complexity index is 574. The van der Waals surface area contributed by atoms with Crippen LogP contribution in [-0.4, -0.2) is 21.3 Å². The zero-order chi connectivity index (χ0) is 12.3. The predicted molar refractivity (Wildman–Crippen MR) is 63.7 cm³/mol. The quantitative estimate of drug-likeness (QED) is 0.499. The number of aromatic nitrogens is 2. The van der Waals surface area contributed by atoms with E-state index in [0.717, 1.165) is 11.4 Å². The molecule has 0 aliphatic rings. The first-order valence-electron chi connectivity index (χ1n) is 4.95. The molecule has 0 saturated heterocycles. The third-order valence-corrected chi connectivity index (χ3v) is 2.24. The number of aromatic amines is 1. The summed E-state index contributed by atoms with van der Waals surface area (Å²) >= 11 is 0. The minimum absolute atomic E-state index is 0.0536. The van der Waals surface area contributed by atoms with E-state index in [1.165, 1.54) is 12.1 Å². The highest BCUT2D eigenvalue weighted by Gasteiger charge is 2.04. The molecule has 2 aromatic rings. The average Bonchev–Trinajstić information content (AvgIpc) is 2.72. The van der Waals surface area contributed by atoms with E-state index in [0.29, 0.717) is 5.56 Å². The molecule has 0 aliphatic carbocycles. The number of nitrogens with zero attached hydrogens (tertiary/aromatic N) is 3. The SMILES string of the molecule is Cc1[nH]ncc1N=Cc1cccc([N+](=O)[O-])c1. The number of non-ortho nitro benzene ring substituents is 1. The summed E-state index contributed by atoms with van der Waals surface area (Å²) in [5.41, 5.74) is 2.31. The number of aryl methyl sites for hydroxylation is 1. The maximum absolute atomic E-state index is 10.6. The second kappa shape index (κ2) is 4.56. The lowest BCUT2D eigenvalue weighted by Crippen LogP contribution is -1.89. The summed E-state index contributed by atoms with van der Waals surface area (Å²) < 4.78 is 0. The van der Waals surface area contributed by atoms with E-state index in [2.05, 4.69) is 15.2 Å². The highest BCUT2D eigenvalue weighted by Crippen LogP contribution is 2.15. The van der Waals surface area contributed by atoms with Crippen LogP contribution in [0.15, 0.2) is 35.5 Å². The third kappa shape index (κ3) is 2.54. The minimum atomic E-state index is -0.430. The van der Waals surface area contributed by atoms with Crippen LogP contribution in [0.4, 0.5) is 11.4 Å². The highest BCUT2D eigenvalue weighted by molar-refractivity contribution is 5.82. The lowest BCUT2D eigenvalue weighted by atomic mass is 10.2. The van der Waals surface area contributed by atoms with Gasteiger partial charge in [-0.05, 0) is 12.5 Å². The normalized spacial score (nSPS) is 10.9. The number of benzene rings is 1. The van der Waals surface area contributed by atoms with E-state index in [9.17, 15) is 10.1 Å². The number of aliphatic imine (C=N–C) groups is 1. The molecule has 6 nitrogen and oxygen atoms in total. The average molecular weight is 230 g/mol. The smallest absolute Gasteiger partial charge is 0.270 e. The molecule has 1 heterocycles. The van der Waals surface area contributed by atoms with Crippen molar-refractivity contribution in [2.75, 3.05) is 0 Å². The van der Waals surface area contributed by atoms with Gasteiger partial charge in [-0.3, -0.25) is 20.2 Å². The monoisotopic (exact) mass is 230 g/mol. The number of hydrogen-bond donors (Lipinski definition) is 1. The van der Waals surface area contributed by atoms with Crippen LogP contribution in [-0.2, 0) is 0 Å². The standard InChI is InChI=1S/C11H10N4O2/c1-8-11(7-13-14-8)12-6-9-3-2-4-10(5-9)15(16)17/h2-7H,1H3,(H,13,14). The van der Waals surface area contributed by atoms with Crippen molar-refractivity contribution >= 4 is 17.6 Å². The first-order chi connectivity index (χ1) is 8.16. The van der Waals surface area contributed by atoms with Crippen LogP contribution < -0.4 is 0 Å². The van der Waals surface area contributed by atoms with Gasteiger partial charge in [-0.2, -0.15) is 5.10 Å². The summed E-state index contributed by atoms with van der Waals surface area (Å²) in [6.45, 7) is 1.85. The summed E-state index contributed by atoms with van der Waals surface area (Å²) in [5, 5.41) is 17.2. The zero-order valence-electron chi connectivity index (χ0n) is 9.12. The molecule has 1 aromatic heterocycles. The van der Waals surface area contributed by atoms with Crippen LogP contribution in [0.1, 0.15) is 11.3 Å². The van der Waals surface area contributed by atoms with E-state index in [4.69, 9.17) is 0 Å². The Hall–Kier alpha value is -2.50. The summed E-state index contributed by atoms with van der Waals surface area (Å²) in [7, 11) is 0. The van der Waals surface area contributed by atoms with E-state index in [1.807, 2.05) is 6.92 Å². The molecule has 2 rings (SSSR count). The number of nitro groups is 1. The molecule has 0 atom stereocenters. The Kier molecular flexibility index (Phi) is 2.95. The van der Waals surface area contributed by atoms with Gasteiger partial charge in [-0.1, -0.05) is 12.1 Å². The van der Waals surface area contributed by atoms with E-state index in [-0.39, 0.29) is 5.69 Å². The van der Waals surface area contributed by atoms with Crippen LogP contribution in [0.3, 0.4) is 0 Å². The second-order valence-electron chi connectivity index (χ2n) is 3.49. The fourth-order valence-electron chi connectivity index (χ4n) is 1.34. The summed E-state index contributed by atoms with van der Waals surface area (Å²) in [6.07, 6.45) is 3.17. The Morgan fingerprint density at radius 3 is 3.00 bits per heavy atom. The lowest BCUT2D eigenvalue weighted by Gasteiger charge is -1.93. The van der Waals surface area contributed by atoms with Crippen LogP contribution in [0.2, 0.25) is 0 Å². The molecule has 0 spiro atoms. The Balaban J connectivity index is 2.24. The summed E-state index contributed by atoms with van der Waals surface area (Å²) in [6, 6.07) is 6.30. The van der Waals surface area contributed by atoms with Crippen LogP contribution in [0.5, 0.6) is 0 Å². The molecular weight excluding hydrogens is 220 g/mol. The topological polar surface area (TPSA) is 84.2 Å². The summed E-state index contributed by atoms with van der Waals surface area (Å²) in [5.74, 6) is 0. The second-order valence-corrected chi connectivity index (χ2v) is 3.49. The van der Waals surface area contributed by atoms with Gasteiger partial charge in [0, 0.05) is 18.3 Å². The van der Waals surface area contributed by atoms with Gasteiger partial charge in [0.2, 0.25) is 0 Å². The van der Waals surface area contributed by atoms with Crippen LogP contribution in [0, 0.1) is 17.0 Å². The van der Waals surface area contributed by atoms with Crippen molar-refractivity contribution in [2.45, 2.75) is 6.92 Å². The molecule has 17 heavy (non-hydrogen) atoms. The van der Waals surface area contributed by atoms with Crippen molar-refractivity contribution in [1.82, 2.24) is 10.2 Å². The molecule has 0 fully saturated rings. The maximum Gasteiger partial charge on any atom is 0.270 e. The maximum atomic E-state index is 10.6. The molecule has 6 heteroatoms. The molecule has 1 N–H and O–H groups in total. The highest BCUT2D eigenvalue weighted by atomic mass is 16.6. The molecule has 0 aliphatic heterocycles. The number of rotatable bonds is 3. The number of H-pyrrole nitrogens is 1. The van der Waals surface area contributed by atoms with Crippen molar-refractivity contribution in [2.24, 2.45) is 4.99 Å². The van der Waals surface area contributed by atoms with Gasteiger partial charge in [0.15, 0.2) is 0 Å². The Morgan fingerprint density at radius 2 is 2.35 bits per heavy atom. The van der Waals surface area contributed by atoms with Gasteiger partial charge in [0.1, 0.15) is 5.69 Å². The van der Waals surface area contributed by atoms with E-state index >= 15 is 0 Å². The fourth-order valence-corrected chi connectivity index (χ4v) is 1.34. The number of nitrogens with one attached hydrogen (secondary N) is 1. The van der Waals surface area contributed by atoms with Crippen molar-refractivity contribution in [3.63, 3.8) is 0 Å². The lowest BCUT2D eigenvalue weighted by molar-refractivity contribution is -0.384. The molecule has 0 amide bonds. The molecule has 86 valence electrons. The molecule has 0 bridgehead atoms. The van der Waals surface area contributed by atoms with E-state index < -0.39 is 4.92 Å². The van der Waals surface area contributed by atoms with Crippen LogP contribution in [0.25, 0.3) is 0 Å². The first kappa shape index (κ1) is 11.0. The molecular formula is C11H10N4O2. The predicted octanol–water partition coefficient (Wildman–Crippen LogP) is 2.38. The Labute approximate surface area is 97.2 Å². The number of hydrogen-bond acceptors (Lipinski definition) is 4. The largest absolute Gasteiger partial charge is 0.281 e. The molecule has 0 unspecified atom stereocenters. The van der Waals surface area contributed by atoms with Gasteiger partial charge in [0.25, 0.3) is 5.69 Å². The Morgan fingerprint density at radius 1 is 1.53 bits per heavy atom. The van der Waals surface area contributed by atoms with E-state index in [1.54, 1.807) is 24.5 Å². The van der Waals surface area contributed by atoms with Crippen molar-refractivity contribution in [1.29, 1.82) is 0 Å². The van der Waals surface area contributed by atoms with Gasteiger partial charge in [-0.25, -0.2) is 0 Å².